The van der Waals surface area contributed by atoms with Gasteiger partial charge in [-0.15, -0.1) is 0 Å². The van der Waals surface area contributed by atoms with E-state index in [1.165, 1.54) is 0 Å². The predicted octanol–water partition coefficient (Wildman–Crippen LogP) is 1.25. The minimum absolute atomic E-state index is 0.0520. The maximum Gasteiger partial charge on any atom is 0.305 e. The topological polar surface area (TPSA) is 78.9 Å². The summed E-state index contributed by atoms with van der Waals surface area (Å²) < 4.78 is 5.55. The molecule has 1 rings (SSSR count). The van der Waals surface area contributed by atoms with E-state index in [9.17, 15) is 9.59 Å². The van der Waals surface area contributed by atoms with Gasteiger partial charge in [0.05, 0.1) is 25.2 Å². The molecule has 0 bridgehead atoms. The third-order valence-electron chi connectivity index (χ3n) is 3.90. The van der Waals surface area contributed by atoms with Gasteiger partial charge >= 0.3 is 5.97 Å². The Bertz CT molecular complexity index is 328. The van der Waals surface area contributed by atoms with E-state index in [1.807, 2.05) is 6.92 Å². The molecule has 0 saturated carbocycles. The molecule has 1 heterocycles. The molecule has 6 heteroatoms. The van der Waals surface area contributed by atoms with E-state index in [4.69, 9.17) is 9.84 Å². The van der Waals surface area contributed by atoms with Crippen LogP contribution in [-0.2, 0) is 14.3 Å². The highest BCUT2D eigenvalue weighted by Crippen LogP contribution is 2.16. The monoisotopic (exact) mass is 300 g/mol. The summed E-state index contributed by atoms with van der Waals surface area (Å²) in [6.45, 7) is 6.69. The lowest BCUT2D eigenvalue weighted by Gasteiger charge is -2.35. The van der Waals surface area contributed by atoms with Crippen LogP contribution in [0.5, 0.6) is 0 Å². The summed E-state index contributed by atoms with van der Waals surface area (Å²) in [6.07, 6.45) is 3.97. The van der Waals surface area contributed by atoms with Crippen LogP contribution in [0.25, 0.3) is 0 Å². The fraction of sp³-hybridized carbons (Fsp3) is 0.867. The van der Waals surface area contributed by atoms with Crippen molar-refractivity contribution in [2.75, 3.05) is 26.2 Å². The molecule has 0 aromatic rings. The number of hydrogen-bond donors (Lipinski definition) is 2. The lowest BCUT2D eigenvalue weighted by molar-refractivity contribution is -0.139. The molecule has 1 aliphatic rings. The van der Waals surface area contributed by atoms with Crippen LogP contribution in [0, 0.1) is 0 Å². The molecule has 6 nitrogen and oxygen atoms in total. The van der Waals surface area contributed by atoms with Crippen molar-refractivity contribution < 1.29 is 19.4 Å². The van der Waals surface area contributed by atoms with Crippen LogP contribution >= 0.6 is 0 Å². The van der Waals surface area contributed by atoms with Crippen LogP contribution in [0.4, 0.5) is 0 Å². The van der Waals surface area contributed by atoms with E-state index in [2.05, 4.69) is 17.1 Å². The molecule has 0 spiro atoms. The van der Waals surface area contributed by atoms with Crippen molar-refractivity contribution >= 4 is 11.9 Å². The Hall–Kier alpha value is -1.14. The van der Waals surface area contributed by atoms with Gasteiger partial charge in [0.25, 0.3) is 0 Å². The van der Waals surface area contributed by atoms with Crippen molar-refractivity contribution in [1.82, 2.24) is 10.2 Å². The maximum absolute atomic E-state index is 12.0. The van der Waals surface area contributed by atoms with E-state index in [-0.39, 0.29) is 31.1 Å². The molecule has 1 aliphatic heterocycles. The average molecular weight is 300 g/mol. The zero-order valence-electron chi connectivity index (χ0n) is 13.1. The van der Waals surface area contributed by atoms with Gasteiger partial charge in [-0.05, 0) is 26.2 Å². The first kappa shape index (κ1) is 17.9. The summed E-state index contributed by atoms with van der Waals surface area (Å²) in [4.78, 5) is 24.6. The molecule has 2 N–H and O–H groups in total. The highest BCUT2D eigenvalue weighted by atomic mass is 16.5. The van der Waals surface area contributed by atoms with Crippen molar-refractivity contribution in [3.05, 3.63) is 0 Å². The van der Waals surface area contributed by atoms with Gasteiger partial charge in [-0.25, -0.2) is 0 Å². The first-order valence-corrected chi connectivity index (χ1v) is 7.89. The predicted molar refractivity (Wildman–Crippen MR) is 80.2 cm³/mol. The molecular formula is C15H28N2O4. The van der Waals surface area contributed by atoms with Gasteiger partial charge in [0.2, 0.25) is 5.91 Å². The van der Waals surface area contributed by atoms with Gasteiger partial charge in [0.1, 0.15) is 0 Å². The molecule has 0 radical (unpaired) electrons. The van der Waals surface area contributed by atoms with Crippen LogP contribution in [0.2, 0.25) is 0 Å². The van der Waals surface area contributed by atoms with Crippen LogP contribution in [0.3, 0.4) is 0 Å². The molecule has 1 amide bonds. The van der Waals surface area contributed by atoms with E-state index >= 15 is 0 Å². The van der Waals surface area contributed by atoms with Crippen LogP contribution in [0.1, 0.15) is 46.0 Å². The van der Waals surface area contributed by atoms with Crippen molar-refractivity contribution in [2.24, 2.45) is 0 Å². The standard InChI is InChI=1S/C15H28N2O4/c1-3-4-8-16-15(20)12(2)17-9-5-13(6-10-17)21-11-7-14(18)19/h12-13H,3-11H2,1-2H3,(H,16,20)(H,18,19). The number of hydrogen-bond acceptors (Lipinski definition) is 4. The normalized spacial score (nSPS) is 18.4. The molecule has 1 atom stereocenters. The van der Waals surface area contributed by atoms with E-state index in [1.54, 1.807) is 0 Å². The van der Waals surface area contributed by atoms with Crippen LogP contribution in [0.15, 0.2) is 0 Å². The number of likely N-dealkylation sites (tertiary alicyclic amines) is 1. The lowest BCUT2D eigenvalue weighted by Crippen LogP contribution is -2.49. The molecule has 0 aromatic carbocycles. The van der Waals surface area contributed by atoms with Crippen LogP contribution in [-0.4, -0.2) is 60.3 Å². The maximum atomic E-state index is 12.0. The number of carboxylic acid groups (broad SMARTS) is 1. The molecule has 0 aliphatic carbocycles. The fourth-order valence-corrected chi connectivity index (χ4v) is 2.44. The number of ether oxygens (including phenoxy) is 1. The largest absolute Gasteiger partial charge is 0.481 e. The Morgan fingerprint density at radius 2 is 2.05 bits per heavy atom. The third kappa shape index (κ3) is 6.91. The van der Waals surface area contributed by atoms with Crippen molar-refractivity contribution in [1.29, 1.82) is 0 Å². The number of carbonyl (C=O) groups excluding carboxylic acids is 1. The van der Waals surface area contributed by atoms with Gasteiger partial charge in [-0.3, -0.25) is 14.5 Å². The smallest absolute Gasteiger partial charge is 0.305 e. The molecular weight excluding hydrogens is 272 g/mol. The van der Waals surface area contributed by atoms with E-state index in [0.29, 0.717) is 0 Å². The minimum Gasteiger partial charge on any atom is -0.481 e. The van der Waals surface area contributed by atoms with Crippen LogP contribution < -0.4 is 5.32 Å². The Morgan fingerprint density at radius 1 is 1.38 bits per heavy atom. The Labute approximate surface area is 126 Å². The number of nitrogens with zero attached hydrogens (tertiary/aromatic N) is 1. The Kier molecular flexibility index (Phi) is 8.30. The van der Waals surface area contributed by atoms with Gasteiger partial charge in [0, 0.05) is 19.6 Å². The number of carbonyl (C=O) groups is 2. The lowest BCUT2D eigenvalue weighted by atomic mass is 10.1. The molecule has 1 unspecified atom stereocenters. The SMILES string of the molecule is CCCCNC(=O)C(C)N1CCC(OCCC(=O)O)CC1. The van der Waals surface area contributed by atoms with Crippen molar-refractivity contribution in [2.45, 2.75) is 58.1 Å². The number of aliphatic carboxylic acids is 1. The molecule has 1 fully saturated rings. The van der Waals surface area contributed by atoms with Gasteiger partial charge in [0.15, 0.2) is 0 Å². The molecule has 21 heavy (non-hydrogen) atoms. The second-order valence-electron chi connectivity index (χ2n) is 5.57. The highest BCUT2D eigenvalue weighted by molar-refractivity contribution is 5.81. The number of amides is 1. The number of carboxylic acids is 1. The summed E-state index contributed by atoms with van der Waals surface area (Å²) in [7, 11) is 0. The average Bonchev–Trinajstić information content (AvgIpc) is 2.47. The number of rotatable bonds is 9. The number of nitrogens with one attached hydrogen (secondary N) is 1. The fourth-order valence-electron chi connectivity index (χ4n) is 2.44. The summed E-state index contributed by atoms with van der Waals surface area (Å²) in [5, 5.41) is 11.5. The first-order chi connectivity index (χ1) is 10.0. The second kappa shape index (κ2) is 9.73. The zero-order chi connectivity index (χ0) is 15.7. The van der Waals surface area contributed by atoms with E-state index < -0.39 is 5.97 Å². The highest BCUT2D eigenvalue weighted by Gasteiger charge is 2.26. The number of unbranched alkanes of at least 4 members (excludes halogenated alkanes) is 1. The summed E-state index contributed by atoms with van der Waals surface area (Å²) in [6, 6.07) is -0.109. The quantitative estimate of drug-likeness (QED) is 0.627. The van der Waals surface area contributed by atoms with Crippen molar-refractivity contribution in [3.8, 4) is 0 Å². The molecule has 1 saturated heterocycles. The first-order valence-electron chi connectivity index (χ1n) is 7.89. The summed E-state index contributed by atoms with van der Waals surface area (Å²) in [5.74, 6) is -0.737. The number of piperidine rings is 1. The van der Waals surface area contributed by atoms with Gasteiger partial charge in [-0.2, -0.15) is 0 Å². The molecule has 122 valence electrons. The molecule has 0 aromatic heterocycles. The Morgan fingerprint density at radius 3 is 2.62 bits per heavy atom. The van der Waals surface area contributed by atoms with E-state index in [0.717, 1.165) is 45.3 Å². The summed E-state index contributed by atoms with van der Waals surface area (Å²) in [5.41, 5.74) is 0. The zero-order valence-corrected chi connectivity index (χ0v) is 13.1. The Balaban J connectivity index is 2.22. The minimum atomic E-state index is -0.829. The van der Waals surface area contributed by atoms with Gasteiger partial charge < -0.3 is 15.2 Å². The summed E-state index contributed by atoms with van der Waals surface area (Å²) >= 11 is 0. The van der Waals surface area contributed by atoms with Gasteiger partial charge in [-0.1, -0.05) is 13.3 Å². The third-order valence-corrected chi connectivity index (χ3v) is 3.90. The van der Waals surface area contributed by atoms with Crippen molar-refractivity contribution in [3.63, 3.8) is 0 Å². The second-order valence-corrected chi connectivity index (χ2v) is 5.57.